The second-order valence-electron chi connectivity index (χ2n) is 7.71. The highest BCUT2D eigenvalue weighted by Crippen LogP contribution is 2.34. The number of thiazole rings is 1. The predicted molar refractivity (Wildman–Crippen MR) is 113 cm³/mol. The third kappa shape index (κ3) is 3.77. The molecule has 3 amide bonds. The maximum Gasteiger partial charge on any atom is 0.258 e. The molecule has 1 spiro atoms. The number of fused-ring (bicyclic) bond motifs is 1. The molecule has 2 aliphatic rings. The molecule has 0 radical (unpaired) electrons. The van der Waals surface area contributed by atoms with Gasteiger partial charge in [0.05, 0.1) is 11.3 Å². The van der Waals surface area contributed by atoms with Crippen LogP contribution < -0.4 is 15.4 Å². The average Bonchev–Trinajstić information content (AvgIpc) is 2.94. The van der Waals surface area contributed by atoms with Gasteiger partial charge in [0.1, 0.15) is 11.8 Å². The van der Waals surface area contributed by atoms with Crippen molar-refractivity contribution in [3.63, 3.8) is 0 Å². The lowest BCUT2D eigenvalue weighted by atomic mass is 10.0. The van der Waals surface area contributed by atoms with Gasteiger partial charge in [-0.3, -0.25) is 14.4 Å². The fourth-order valence-corrected chi connectivity index (χ4v) is 4.59. The van der Waals surface area contributed by atoms with Crippen molar-refractivity contribution in [2.24, 2.45) is 0 Å². The van der Waals surface area contributed by atoms with Crippen molar-refractivity contribution >= 4 is 34.2 Å². The first-order chi connectivity index (χ1) is 14.3. The Kier molecular flexibility index (Phi) is 5.23. The number of anilines is 1. The molecule has 1 fully saturated rings. The van der Waals surface area contributed by atoms with Crippen molar-refractivity contribution in [3.05, 3.63) is 40.4 Å². The smallest absolute Gasteiger partial charge is 0.258 e. The predicted octanol–water partition coefficient (Wildman–Crippen LogP) is 2.62. The van der Waals surface area contributed by atoms with Crippen molar-refractivity contribution in [1.82, 2.24) is 15.2 Å². The number of carbonyl (C=O) groups is 3. The van der Waals surface area contributed by atoms with Crippen LogP contribution >= 0.6 is 11.3 Å². The van der Waals surface area contributed by atoms with E-state index in [1.807, 2.05) is 19.9 Å². The van der Waals surface area contributed by atoms with E-state index in [2.05, 4.69) is 15.6 Å². The molecule has 30 heavy (non-hydrogen) atoms. The molecule has 0 bridgehead atoms. The number of benzene rings is 1. The number of nitrogens with one attached hydrogen (secondary N) is 2. The van der Waals surface area contributed by atoms with E-state index >= 15 is 0 Å². The first-order valence-corrected chi connectivity index (χ1v) is 10.7. The molecule has 0 saturated carbocycles. The summed E-state index contributed by atoms with van der Waals surface area (Å²) >= 11 is 1.41. The first-order valence-electron chi connectivity index (χ1n) is 9.93. The van der Waals surface area contributed by atoms with E-state index in [0.29, 0.717) is 35.8 Å². The zero-order valence-corrected chi connectivity index (χ0v) is 18.0. The minimum absolute atomic E-state index is 0.141. The maximum absolute atomic E-state index is 12.8. The molecule has 9 heteroatoms. The van der Waals surface area contributed by atoms with Crippen LogP contribution in [0.15, 0.2) is 24.3 Å². The van der Waals surface area contributed by atoms with Crippen LogP contribution in [0, 0.1) is 13.8 Å². The number of aryl methyl sites for hydroxylation is 2. The highest BCUT2D eigenvalue weighted by atomic mass is 32.1. The molecule has 0 unspecified atom stereocenters. The monoisotopic (exact) mass is 428 g/mol. The number of aromatic nitrogens is 1. The lowest BCUT2D eigenvalue weighted by molar-refractivity contribution is -0.137. The quantitative estimate of drug-likeness (QED) is 0.783. The fourth-order valence-electron chi connectivity index (χ4n) is 3.77. The van der Waals surface area contributed by atoms with Gasteiger partial charge in [-0.15, -0.1) is 11.3 Å². The molecule has 1 aromatic carbocycles. The fraction of sp³-hybridized carbons (Fsp3) is 0.429. The molecule has 2 aliphatic heterocycles. The van der Waals surface area contributed by atoms with Crippen LogP contribution in [-0.4, -0.2) is 45.9 Å². The number of nitrogens with zero attached hydrogens (tertiary/aromatic N) is 2. The number of para-hydroxylation sites is 1. The molecule has 4 rings (SSSR count). The Morgan fingerprint density at radius 1 is 1.30 bits per heavy atom. The molecule has 8 nitrogen and oxygen atoms in total. The molecule has 1 saturated heterocycles. The molecule has 158 valence electrons. The normalized spacial score (nSPS) is 22.0. The van der Waals surface area contributed by atoms with Crippen LogP contribution in [0.2, 0.25) is 0 Å². The van der Waals surface area contributed by atoms with Crippen molar-refractivity contribution in [2.45, 2.75) is 51.8 Å². The van der Waals surface area contributed by atoms with E-state index in [9.17, 15) is 14.4 Å². The molecule has 0 aliphatic carbocycles. The highest BCUT2D eigenvalue weighted by Gasteiger charge is 2.43. The van der Waals surface area contributed by atoms with Crippen LogP contribution in [0.1, 0.15) is 47.1 Å². The lowest BCUT2D eigenvalue weighted by Crippen LogP contribution is -2.56. The number of hydrogen-bond donors (Lipinski definition) is 2. The van der Waals surface area contributed by atoms with Gasteiger partial charge in [0.25, 0.3) is 5.91 Å². The van der Waals surface area contributed by atoms with Gasteiger partial charge in [0.2, 0.25) is 11.8 Å². The van der Waals surface area contributed by atoms with E-state index in [1.54, 1.807) is 30.0 Å². The number of rotatable bonds is 3. The summed E-state index contributed by atoms with van der Waals surface area (Å²) in [6.07, 6.45) is 0.920. The standard InChI is InChI=1S/C21H24N4O4S/c1-12-14(3)30-20(22-12)23-18(27)13(2)25-11-10-21(9-8-17(25)26)24-19(28)15-6-4-5-7-16(15)29-21/h4-7,13H,8-11H2,1-3H3,(H,24,28)(H,22,23,27)/t13-,21+/m0/s1. The van der Waals surface area contributed by atoms with Crippen molar-refractivity contribution < 1.29 is 19.1 Å². The first kappa shape index (κ1) is 20.3. The molecular formula is C21H24N4O4S. The molecule has 2 aromatic rings. The summed E-state index contributed by atoms with van der Waals surface area (Å²) in [7, 11) is 0. The Morgan fingerprint density at radius 3 is 2.80 bits per heavy atom. The summed E-state index contributed by atoms with van der Waals surface area (Å²) in [6, 6.07) is 6.40. The molecule has 3 heterocycles. The van der Waals surface area contributed by atoms with Crippen LogP contribution in [0.25, 0.3) is 0 Å². The van der Waals surface area contributed by atoms with E-state index < -0.39 is 11.8 Å². The number of amides is 3. The second-order valence-corrected chi connectivity index (χ2v) is 8.91. The van der Waals surface area contributed by atoms with Gasteiger partial charge >= 0.3 is 0 Å². The van der Waals surface area contributed by atoms with Crippen LogP contribution in [0.3, 0.4) is 0 Å². The topological polar surface area (TPSA) is 101 Å². The Bertz CT molecular complexity index is 1000. The Balaban J connectivity index is 1.47. The van der Waals surface area contributed by atoms with Crippen molar-refractivity contribution in [2.75, 3.05) is 11.9 Å². The van der Waals surface area contributed by atoms with Gasteiger partial charge in [-0.25, -0.2) is 4.98 Å². The second kappa shape index (κ2) is 7.71. The average molecular weight is 429 g/mol. The zero-order chi connectivity index (χ0) is 21.5. The van der Waals surface area contributed by atoms with Gasteiger partial charge in [-0.1, -0.05) is 12.1 Å². The largest absolute Gasteiger partial charge is 0.467 e. The molecule has 2 N–H and O–H groups in total. The molecule has 2 atom stereocenters. The van der Waals surface area contributed by atoms with Gasteiger partial charge in [0, 0.05) is 30.7 Å². The van der Waals surface area contributed by atoms with E-state index in [4.69, 9.17) is 4.74 Å². The lowest BCUT2D eigenvalue weighted by Gasteiger charge is -2.38. The van der Waals surface area contributed by atoms with E-state index in [0.717, 1.165) is 10.6 Å². The van der Waals surface area contributed by atoms with Crippen molar-refractivity contribution in [1.29, 1.82) is 0 Å². The summed E-state index contributed by atoms with van der Waals surface area (Å²) < 4.78 is 6.14. The number of ether oxygens (including phenoxy) is 1. The minimum Gasteiger partial charge on any atom is -0.467 e. The van der Waals surface area contributed by atoms with Crippen molar-refractivity contribution in [3.8, 4) is 5.75 Å². The summed E-state index contributed by atoms with van der Waals surface area (Å²) in [5, 5.41) is 6.27. The Morgan fingerprint density at radius 2 is 2.07 bits per heavy atom. The molecular weight excluding hydrogens is 404 g/mol. The number of likely N-dealkylation sites (tertiary alicyclic amines) is 1. The van der Waals surface area contributed by atoms with Gasteiger partial charge in [-0.2, -0.15) is 0 Å². The highest BCUT2D eigenvalue weighted by molar-refractivity contribution is 7.15. The van der Waals surface area contributed by atoms with Gasteiger partial charge in [-0.05, 0) is 32.9 Å². The van der Waals surface area contributed by atoms with E-state index in [1.165, 1.54) is 11.3 Å². The maximum atomic E-state index is 12.8. The van der Waals surface area contributed by atoms with Gasteiger partial charge in [0.15, 0.2) is 10.9 Å². The van der Waals surface area contributed by atoms with Crippen LogP contribution in [-0.2, 0) is 9.59 Å². The third-order valence-electron chi connectivity index (χ3n) is 5.70. The minimum atomic E-state index is -0.949. The molecule has 1 aromatic heterocycles. The Hall–Kier alpha value is -2.94. The summed E-state index contributed by atoms with van der Waals surface area (Å²) in [5.74, 6) is -0.120. The third-order valence-corrected chi connectivity index (χ3v) is 6.69. The summed E-state index contributed by atoms with van der Waals surface area (Å²) in [5.41, 5.74) is 0.411. The summed E-state index contributed by atoms with van der Waals surface area (Å²) in [4.78, 5) is 45.0. The zero-order valence-electron chi connectivity index (χ0n) is 17.2. The van der Waals surface area contributed by atoms with Crippen LogP contribution in [0.4, 0.5) is 5.13 Å². The van der Waals surface area contributed by atoms with E-state index in [-0.39, 0.29) is 24.1 Å². The van der Waals surface area contributed by atoms with Gasteiger partial charge < -0.3 is 20.3 Å². The summed E-state index contributed by atoms with van der Waals surface area (Å²) in [6.45, 7) is 5.83. The number of hydrogen-bond acceptors (Lipinski definition) is 6. The number of carbonyl (C=O) groups excluding carboxylic acids is 3. The SMILES string of the molecule is Cc1nc(NC(=O)[C@H](C)N2CC[C@]3(CCC2=O)NC(=O)c2ccccc2O3)sc1C. The Labute approximate surface area is 178 Å². The van der Waals surface area contributed by atoms with Crippen LogP contribution in [0.5, 0.6) is 5.75 Å².